The van der Waals surface area contributed by atoms with Gasteiger partial charge in [0.1, 0.15) is 17.8 Å². The van der Waals surface area contributed by atoms with Gasteiger partial charge in [0, 0.05) is 6.54 Å². The van der Waals surface area contributed by atoms with Crippen molar-refractivity contribution < 1.29 is 40.7 Å². The maximum absolute atomic E-state index is 13.4. The highest BCUT2D eigenvalue weighted by molar-refractivity contribution is 7.89. The number of Topliss-reactive ketones (excluding diaryl/α,β-unsaturated/α-hetero) is 1. The van der Waals surface area contributed by atoms with Gasteiger partial charge in [-0.3, -0.25) is 14.4 Å². The third kappa shape index (κ3) is 6.96. The molecule has 1 aliphatic heterocycles. The zero-order valence-corrected chi connectivity index (χ0v) is 21.6. The molecule has 0 aliphatic carbocycles. The molecule has 1 fully saturated rings. The van der Waals surface area contributed by atoms with Crippen LogP contribution in [0.5, 0.6) is 5.75 Å². The Balaban J connectivity index is 2.23. The van der Waals surface area contributed by atoms with Crippen LogP contribution in [-0.4, -0.2) is 68.9 Å². The number of alkyl halides is 3. The van der Waals surface area contributed by atoms with E-state index in [0.717, 1.165) is 4.90 Å². The number of halogens is 3. The molecule has 1 aliphatic rings. The molecule has 2 amide bonds. The summed E-state index contributed by atoms with van der Waals surface area (Å²) in [6.45, 7) is 6.11. The lowest BCUT2D eigenvalue weighted by Crippen LogP contribution is -2.58. The van der Waals surface area contributed by atoms with Gasteiger partial charge in [0.05, 0.1) is 18.0 Å². The van der Waals surface area contributed by atoms with Gasteiger partial charge in [-0.05, 0) is 48.9 Å². The average Bonchev–Trinajstić information content (AvgIpc) is 3.29. The molecule has 0 radical (unpaired) electrons. The molecular weight excluding hydrogens is 503 g/mol. The van der Waals surface area contributed by atoms with Gasteiger partial charge in [-0.25, -0.2) is 8.42 Å². The first-order valence-corrected chi connectivity index (χ1v) is 13.0. The summed E-state index contributed by atoms with van der Waals surface area (Å²) in [6, 6.07) is 1.38. The van der Waals surface area contributed by atoms with Crippen molar-refractivity contribution in [1.29, 1.82) is 0 Å². The van der Waals surface area contributed by atoms with Crippen LogP contribution in [0.1, 0.15) is 40.5 Å². The zero-order valence-electron chi connectivity index (χ0n) is 20.8. The molecule has 1 aromatic carbocycles. The van der Waals surface area contributed by atoms with E-state index in [1.54, 1.807) is 13.8 Å². The number of nitrogens with zero attached hydrogens (tertiary/aromatic N) is 1. The molecule has 202 valence electrons. The second kappa shape index (κ2) is 11.6. The normalized spacial score (nSPS) is 18.3. The predicted molar refractivity (Wildman–Crippen MR) is 125 cm³/mol. The minimum atomic E-state index is -5.13. The van der Waals surface area contributed by atoms with Gasteiger partial charge < -0.3 is 15.0 Å². The van der Waals surface area contributed by atoms with Crippen molar-refractivity contribution in [3.05, 3.63) is 24.3 Å². The van der Waals surface area contributed by atoms with Crippen LogP contribution in [0.2, 0.25) is 0 Å². The molecule has 2 N–H and O–H groups in total. The Morgan fingerprint density at radius 1 is 1.03 bits per heavy atom. The van der Waals surface area contributed by atoms with Crippen LogP contribution in [0.4, 0.5) is 13.2 Å². The number of rotatable bonds is 10. The second-order valence-corrected chi connectivity index (χ2v) is 11.0. The van der Waals surface area contributed by atoms with E-state index in [-0.39, 0.29) is 17.9 Å². The minimum absolute atomic E-state index is 0.0945. The smallest absolute Gasteiger partial charge is 0.452 e. The molecule has 0 saturated carbocycles. The number of likely N-dealkylation sites (tertiary alicyclic amines) is 1. The van der Waals surface area contributed by atoms with E-state index < -0.39 is 63.8 Å². The van der Waals surface area contributed by atoms with Crippen LogP contribution in [0.15, 0.2) is 29.2 Å². The summed E-state index contributed by atoms with van der Waals surface area (Å²) in [5.41, 5.74) is 0. The third-order valence-electron chi connectivity index (χ3n) is 5.95. The van der Waals surface area contributed by atoms with Gasteiger partial charge in [-0.15, -0.1) is 0 Å². The Hall–Kier alpha value is -2.67. The van der Waals surface area contributed by atoms with Gasteiger partial charge >= 0.3 is 6.18 Å². The molecule has 0 bridgehead atoms. The number of methoxy groups -OCH3 is 1. The van der Waals surface area contributed by atoms with Crippen molar-refractivity contribution in [2.45, 2.75) is 69.7 Å². The van der Waals surface area contributed by atoms with Crippen molar-refractivity contribution in [1.82, 2.24) is 14.9 Å². The molecule has 2 rings (SSSR count). The monoisotopic (exact) mass is 535 g/mol. The quantitative estimate of drug-likeness (QED) is 0.474. The highest BCUT2D eigenvalue weighted by atomic mass is 32.2. The van der Waals surface area contributed by atoms with E-state index in [1.807, 2.05) is 0 Å². The van der Waals surface area contributed by atoms with Gasteiger partial charge in [0.25, 0.3) is 5.78 Å². The largest absolute Gasteiger partial charge is 0.497 e. The van der Waals surface area contributed by atoms with Crippen LogP contribution < -0.4 is 14.8 Å². The molecule has 2 unspecified atom stereocenters. The SMILES string of the molecule is COc1ccc(S(=O)(=O)N[C@H](C(=O)N2CCCC2C(=O)NC(C(=O)C(F)(F)F)C(C)C)C(C)C)cc1. The maximum Gasteiger partial charge on any atom is 0.452 e. The highest BCUT2D eigenvalue weighted by Gasteiger charge is 2.46. The van der Waals surface area contributed by atoms with Crippen molar-refractivity contribution in [2.75, 3.05) is 13.7 Å². The van der Waals surface area contributed by atoms with E-state index >= 15 is 0 Å². The second-order valence-electron chi connectivity index (χ2n) is 9.30. The summed E-state index contributed by atoms with van der Waals surface area (Å²) in [5.74, 6) is -4.55. The lowest BCUT2D eigenvalue weighted by molar-refractivity contribution is -0.175. The number of amides is 2. The fraction of sp³-hybridized carbons (Fsp3) is 0.609. The Labute approximate surface area is 208 Å². The Morgan fingerprint density at radius 2 is 1.58 bits per heavy atom. The zero-order chi connectivity index (χ0) is 27.4. The van der Waals surface area contributed by atoms with E-state index in [1.165, 1.54) is 45.2 Å². The van der Waals surface area contributed by atoms with Gasteiger partial charge in [0.15, 0.2) is 0 Å². The van der Waals surface area contributed by atoms with Crippen LogP contribution in [0, 0.1) is 11.8 Å². The summed E-state index contributed by atoms with van der Waals surface area (Å²) in [6.07, 6.45) is -4.58. The number of sulfonamides is 1. The van der Waals surface area contributed by atoms with E-state index in [9.17, 15) is 36.0 Å². The van der Waals surface area contributed by atoms with Crippen molar-refractivity contribution in [3.8, 4) is 5.75 Å². The fourth-order valence-corrected chi connectivity index (χ4v) is 5.24. The van der Waals surface area contributed by atoms with Crippen LogP contribution in [0.3, 0.4) is 0 Å². The molecule has 0 aromatic heterocycles. The van der Waals surface area contributed by atoms with E-state index in [0.29, 0.717) is 12.2 Å². The summed E-state index contributed by atoms with van der Waals surface area (Å²) in [7, 11) is -2.69. The summed E-state index contributed by atoms with van der Waals surface area (Å²) in [4.78, 5) is 39.1. The van der Waals surface area contributed by atoms with Crippen molar-refractivity contribution in [2.24, 2.45) is 11.8 Å². The number of ketones is 1. The lowest BCUT2D eigenvalue weighted by Gasteiger charge is -2.31. The number of ether oxygens (including phenoxy) is 1. The molecule has 36 heavy (non-hydrogen) atoms. The molecular formula is C23H32F3N3O6S. The molecule has 1 heterocycles. The lowest BCUT2D eigenvalue weighted by atomic mass is 9.98. The van der Waals surface area contributed by atoms with Crippen molar-refractivity contribution >= 4 is 27.6 Å². The Bertz CT molecular complexity index is 1060. The minimum Gasteiger partial charge on any atom is -0.497 e. The maximum atomic E-state index is 13.4. The number of nitrogens with one attached hydrogen (secondary N) is 2. The highest BCUT2D eigenvalue weighted by Crippen LogP contribution is 2.25. The number of hydrogen-bond acceptors (Lipinski definition) is 6. The molecule has 13 heteroatoms. The Morgan fingerprint density at radius 3 is 2.06 bits per heavy atom. The third-order valence-corrected chi connectivity index (χ3v) is 7.41. The van der Waals surface area contributed by atoms with Crippen molar-refractivity contribution in [3.63, 3.8) is 0 Å². The average molecular weight is 536 g/mol. The first-order chi connectivity index (χ1) is 16.6. The standard InChI is InChI=1S/C23H32F3N3O6S/c1-13(2)18(20(30)23(24,25)26)27-21(31)17-7-6-12-29(17)22(32)19(14(3)4)28-36(33,34)16-10-8-15(35-5)9-11-16/h8-11,13-14,17-19,28H,6-7,12H2,1-5H3,(H,27,31)/t17?,18?,19-/m0/s1. The first kappa shape index (κ1) is 29.6. The summed E-state index contributed by atoms with van der Waals surface area (Å²) >= 11 is 0. The Kier molecular flexibility index (Phi) is 9.52. The number of carbonyl (C=O) groups excluding carboxylic acids is 3. The molecule has 1 saturated heterocycles. The number of benzene rings is 1. The van der Waals surface area contributed by atoms with Gasteiger partial charge in [-0.2, -0.15) is 17.9 Å². The molecule has 9 nitrogen and oxygen atoms in total. The number of hydrogen-bond donors (Lipinski definition) is 2. The topological polar surface area (TPSA) is 122 Å². The van der Waals surface area contributed by atoms with E-state index in [2.05, 4.69) is 10.0 Å². The van der Waals surface area contributed by atoms with Crippen LogP contribution in [-0.2, 0) is 24.4 Å². The van der Waals surface area contributed by atoms with Gasteiger partial charge in [-0.1, -0.05) is 27.7 Å². The first-order valence-electron chi connectivity index (χ1n) is 11.5. The van der Waals surface area contributed by atoms with Gasteiger partial charge in [0.2, 0.25) is 21.8 Å². The summed E-state index contributed by atoms with van der Waals surface area (Å²) in [5, 5.41) is 2.15. The predicted octanol–water partition coefficient (Wildman–Crippen LogP) is 2.26. The van der Waals surface area contributed by atoms with Crippen LogP contribution in [0.25, 0.3) is 0 Å². The fourth-order valence-electron chi connectivity index (χ4n) is 3.90. The van der Waals surface area contributed by atoms with E-state index in [4.69, 9.17) is 4.74 Å². The molecule has 0 spiro atoms. The summed E-state index contributed by atoms with van der Waals surface area (Å²) < 4.78 is 72.2. The molecule has 3 atom stereocenters. The molecule has 1 aromatic rings. The van der Waals surface area contributed by atoms with Crippen LogP contribution >= 0.6 is 0 Å². The number of carbonyl (C=O) groups is 3.